The summed E-state index contributed by atoms with van der Waals surface area (Å²) >= 11 is 3.76. The Balaban J connectivity index is 1.41. The van der Waals surface area contributed by atoms with E-state index in [0.717, 1.165) is 4.47 Å². The Morgan fingerprint density at radius 1 is 0.463 bits per heavy atom. The van der Waals surface area contributed by atoms with Crippen molar-refractivity contribution in [1.29, 1.82) is 0 Å². The van der Waals surface area contributed by atoms with Gasteiger partial charge in [0.2, 0.25) is 0 Å². The Bertz CT molecular complexity index is 2120. The van der Waals surface area contributed by atoms with Gasteiger partial charge in [-0.2, -0.15) is 0 Å². The van der Waals surface area contributed by atoms with E-state index in [4.69, 9.17) is 0 Å². The van der Waals surface area contributed by atoms with Crippen LogP contribution >= 0.6 is 15.9 Å². The van der Waals surface area contributed by atoms with Crippen molar-refractivity contribution >= 4 is 65.3 Å². The number of hydrogen-bond acceptors (Lipinski definition) is 1. The molecule has 2 heteroatoms. The number of fused-ring (bicyclic) bond motifs is 8. The minimum absolute atomic E-state index is 0.0979. The van der Waals surface area contributed by atoms with E-state index in [2.05, 4.69) is 168 Å². The van der Waals surface area contributed by atoms with Crippen molar-refractivity contribution in [2.45, 2.75) is 19.3 Å². The molecule has 0 N–H and O–H groups in total. The van der Waals surface area contributed by atoms with E-state index in [0.29, 0.717) is 0 Å². The molecule has 0 atom stereocenters. The van der Waals surface area contributed by atoms with Crippen molar-refractivity contribution in [2.75, 3.05) is 4.90 Å². The topological polar surface area (TPSA) is 3.24 Å². The maximum atomic E-state index is 3.76. The third-order valence-corrected chi connectivity index (χ3v) is 9.37. The fourth-order valence-corrected chi connectivity index (χ4v) is 7.21. The average Bonchev–Trinajstić information content (AvgIpc) is 3.01. The summed E-state index contributed by atoms with van der Waals surface area (Å²) in [6, 6.07) is 49.0. The van der Waals surface area contributed by atoms with Crippen molar-refractivity contribution in [1.82, 2.24) is 0 Å². The predicted molar refractivity (Wildman–Crippen MR) is 179 cm³/mol. The second-order valence-electron chi connectivity index (χ2n) is 11.5. The Morgan fingerprint density at radius 3 is 1.85 bits per heavy atom. The molecule has 0 radical (unpaired) electrons. The predicted octanol–water partition coefficient (Wildman–Crippen LogP) is 11.7. The lowest BCUT2D eigenvalue weighted by Crippen LogP contribution is -2.30. The van der Waals surface area contributed by atoms with Crippen LogP contribution < -0.4 is 4.90 Å². The van der Waals surface area contributed by atoms with E-state index in [1.807, 2.05) is 0 Å². The van der Waals surface area contributed by atoms with Crippen LogP contribution in [-0.4, -0.2) is 0 Å². The van der Waals surface area contributed by atoms with Crippen LogP contribution in [0.1, 0.15) is 25.0 Å². The second-order valence-corrected chi connectivity index (χ2v) is 12.5. The molecule has 1 heterocycles. The van der Waals surface area contributed by atoms with Gasteiger partial charge in [-0.25, -0.2) is 0 Å². The molecule has 1 nitrogen and oxygen atoms in total. The molecule has 0 aromatic heterocycles. The molecular formula is C39H28BrN. The molecule has 7 aromatic rings. The zero-order chi connectivity index (χ0) is 27.7. The average molecular weight is 591 g/mol. The van der Waals surface area contributed by atoms with Crippen LogP contribution in [0, 0.1) is 0 Å². The van der Waals surface area contributed by atoms with Gasteiger partial charge in [0.25, 0.3) is 0 Å². The molecule has 1 aliphatic heterocycles. The van der Waals surface area contributed by atoms with Gasteiger partial charge in [-0.15, -0.1) is 0 Å². The van der Waals surface area contributed by atoms with Crippen molar-refractivity contribution in [3.63, 3.8) is 0 Å². The van der Waals surface area contributed by atoms with Crippen molar-refractivity contribution < 1.29 is 0 Å². The van der Waals surface area contributed by atoms with E-state index in [-0.39, 0.29) is 5.41 Å². The highest BCUT2D eigenvalue weighted by molar-refractivity contribution is 9.10. The molecule has 8 rings (SSSR count). The van der Waals surface area contributed by atoms with Gasteiger partial charge in [-0.05, 0) is 91.0 Å². The first kappa shape index (κ1) is 24.4. The van der Waals surface area contributed by atoms with Crippen LogP contribution in [0.3, 0.4) is 0 Å². The molecular weight excluding hydrogens is 562 g/mol. The van der Waals surface area contributed by atoms with Crippen LogP contribution in [0.4, 0.5) is 17.1 Å². The van der Waals surface area contributed by atoms with Gasteiger partial charge in [0.05, 0.1) is 11.4 Å². The Labute approximate surface area is 248 Å². The van der Waals surface area contributed by atoms with E-state index in [1.54, 1.807) is 0 Å². The lowest BCUT2D eigenvalue weighted by Gasteiger charge is -2.42. The van der Waals surface area contributed by atoms with Crippen LogP contribution in [0.2, 0.25) is 0 Å². The number of para-hydroxylation sites is 1. The highest BCUT2D eigenvalue weighted by Crippen LogP contribution is 2.53. The van der Waals surface area contributed by atoms with Gasteiger partial charge >= 0.3 is 0 Å². The monoisotopic (exact) mass is 589 g/mol. The Hall–Kier alpha value is -4.40. The van der Waals surface area contributed by atoms with Crippen LogP contribution in [0.15, 0.2) is 138 Å². The molecule has 1 aliphatic rings. The summed E-state index contributed by atoms with van der Waals surface area (Å²) in [5.41, 5.74) is 8.69. The Morgan fingerprint density at radius 2 is 1.07 bits per heavy atom. The molecule has 0 fully saturated rings. The SMILES string of the molecule is CC1(C)c2ccccc2N(c2ccc3c4ccc(-c5ccccc5)cc4c4ccccc4c3c2)c2cc(Br)ccc21. The first-order valence-corrected chi connectivity index (χ1v) is 14.9. The fourth-order valence-electron chi connectivity index (χ4n) is 6.86. The molecule has 0 amide bonds. The molecule has 0 unspecified atom stereocenters. The maximum Gasteiger partial charge on any atom is 0.0513 e. The smallest absolute Gasteiger partial charge is 0.0513 e. The molecule has 0 spiro atoms. The number of rotatable bonds is 2. The standard InChI is InChI=1S/C39H28BrN/c1-39(2)35-14-8-9-15-37(35)41(38-23-27(40)17-21-36(38)39)28-18-20-32-31-19-16-26(25-10-4-3-5-11-25)22-33(31)29-12-6-7-13-30(29)34(32)24-28/h3-24H,1-2H3. The highest BCUT2D eigenvalue weighted by atomic mass is 79.9. The molecule has 0 aliphatic carbocycles. The summed E-state index contributed by atoms with van der Waals surface area (Å²) < 4.78 is 1.09. The summed E-state index contributed by atoms with van der Waals surface area (Å²) in [5, 5.41) is 7.70. The van der Waals surface area contributed by atoms with Crippen LogP contribution in [0.5, 0.6) is 0 Å². The summed E-state index contributed by atoms with van der Waals surface area (Å²) in [6.07, 6.45) is 0. The largest absolute Gasteiger partial charge is 0.310 e. The number of benzene rings is 7. The molecule has 0 saturated carbocycles. The third kappa shape index (κ3) is 3.67. The zero-order valence-corrected chi connectivity index (χ0v) is 24.6. The number of nitrogens with zero attached hydrogens (tertiary/aromatic N) is 1. The van der Waals surface area contributed by atoms with Gasteiger partial charge in [0, 0.05) is 15.6 Å². The van der Waals surface area contributed by atoms with Gasteiger partial charge < -0.3 is 4.90 Å². The summed E-state index contributed by atoms with van der Waals surface area (Å²) in [6.45, 7) is 4.67. The second kappa shape index (κ2) is 9.06. The summed E-state index contributed by atoms with van der Waals surface area (Å²) in [5.74, 6) is 0. The molecule has 0 saturated heterocycles. The number of hydrogen-bond donors (Lipinski definition) is 0. The van der Waals surface area contributed by atoms with Crippen molar-refractivity contribution in [3.05, 3.63) is 149 Å². The quantitative estimate of drug-likeness (QED) is 0.181. The molecule has 0 bridgehead atoms. The zero-order valence-electron chi connectivity index (χ0n) is 23.0. The highest BCUT2D eigenvalue weighted by Gasteiger charge is 2.36. The molecule has 196 valence electrons. The molecule has 7 aromatic carbocycles. The lowest BCUT2D eigenvalue weighted by atomic mass is 9.73. The first-order valence-electron chi connectivity index (χ1n) is 14.1. The van der Waals surface area contributed by atoms with E-state index >= 15 is 0 Å². The minimum Gasteiger partial charge on any atom is -0.310 e. The van der Waals surface area contributed by atoms with Gasteiger partial charge in [0.1, 0.15) is 0 Å². The van der Waals surface area contributed by atoms with Gasteiger partial charge in [-0.1, -0.05) is 127 Å². The van der Waals surface area contributed by atoms with Gasteiger partial charge in [0.15, 0.2) is 0 Å². The van der Waals surface area contributed by atoms with Crippen LogP contribution in [0.25, 0.3) is 43.4 Å². The van der Waals surface area contributed by atoms with Crippen molar-refractivity contribution in [3.8, 4) is 11.1 Å². The van der Waals surface area contributed by atoms with Crippen molar-refractivity contribution in [2.24, 2.45) is 0 Å². The summed E-state index contributed by atoms with van der Waals surface area (Å²) in [7, 11) is 0. The third-order valence-electron chi connectivity index (χ3n) is 8.88. The fraction of sp³-hybridized carbons (Fsp3) is 0.0769. The lowest BCUT2D eigenvalue weighted by molar-refractivity contribution is 0.632. The van der Waals surface area contributed by atoms with Crippen LogP contribution in [-0.2, 0) is 5.41 Å². The normalized spacial score (nSPS) is 13.9. The number of halogens is 1. The number of anilines is 3. The minimum atomic E-state index is -0.0979. The summed E-state index contributed by atoms with van der Waals surface area (Å²) in [4.78, 5) is 2.44. The van der Waals surface area contributed by atoms with Gasteiger partial charge in [-0.3, -0.25) is 0 Å². The molecule has 41 heavy (non-hydrogen) atoms. The van der Waals surface area contributed by atoms with E-state index in [1.165, 1.54) is 71.6 Å². The van der Waals surface area contributed by atoms with E-state index < -0.39 is 0 Å². The van der Waals surface area contributed by atoms with E-state index in [9.17, 15) is 0 Å². The Kier molecular flexibility index (Phi) is 5.39. The first-order chi connectivity index (χ1) is 20.0. The maximum absolute atomic E-state index is 3.76.